The molecule has 0 saturated heterocycles. The largest absolute Gasteiger partial charge is 0.469 e. The Labute approximate surface area is 224 Å². The van der Waals surface area contributed by atoms with E-state index in [9.17, 15) is 9.90 Å². The Hall–Kier alpha value is -2.21. The number of hydrogen-bond donors (Lipinski definition) is 2. The van der Waals surface area contributed by atoms with Crippen LogP contribution in [-0.2, 0) is 33.5 Å². The monoisotopic (exact) mass is 509 g/mol. The molecule has 37 heavy (non-hydrogen) atoms. The molecular weight excluding hydrogens is 462 g/mol. The zero-order valence-corrected chi connectivity index (χ0v) is 23.3. The molecule has 2 N–H and O–H groups in total. The van der Waals surface area contributed by atoms with Crippen molar-refractivity contribution in [1.29, 1.82) is 0 Å². The lowest BCUT2D eigenvalue weighted by Crippen LogP contribution is -2.45. The van der Waals surface area contributed by atoms with Crippen molar-refractivity contribution in [3.05, 3.63) is 70.8 Å². The van der Waals surface area contributed by atoms with E-state index in [0.29, 0.717) is 25.5 Å². The normalized spacial score (nSPS) is 15.4. The van der Waals surface area contributed by atoms with Gasteiger partial charge in [0.05, 0.1) is 25.9 Å². The number of carbonyl (C=O) groups is 1. The fourth-order valence-corrected chi connectivity index (χ4v) is 5.59. The zero-order chi connectivity index (χ0) is 26.7. The minimum Gasteiger partial charge on any atom is -0.469 e. The van der Waals surface area contributed by atoms with Crippen molar-refractivity contribution in [1.82, 2.24) is 5.32 Å². The first-order valence-corrected chi connectivity index (χ1v) is 14.0. The molecule has 2 aromatic rings. The van der Waals surface area contributed by atoms with Crippen molar-refractivity contribution in [2.75, 3.05) is 20.3 Å². The predicted octanol–water partition coefficient (Wildman–Crippen LogP) is 5.96. The van der Waals surface area contributed by atoms with Crippen molar-refractivity contribution < 1.29 is 19.4 Å². The number of hydrogen-bond acceptors (Lipinski definition) is 5. The molecule has 204 valence electrons. The van der Waals surface area contributed by atoms with Gasteiger partial charge in [0, 0.05) is 18.5 Å². The molecule has 0 radical (unpaired) electrons. The zero-order valence-electron chi connectivity index (χ0n) is 23.3. The van der Waals surface area contributed by atoms with E-state index in [1.54, 1.807) is 0 Å². The van der Waals surface area contributed by atoms with E-state index >= 15 is 0 Å². The summed E-state index contributed by atoms with van der Waals surface area (Å²) in [5.41, 5.74) is 5.43. The molecule has 0 aliphatic heterocycles. The number of methoxy groups -OCH3 is 1. The van der Waals surface area contributed by atoms with Gasteiger partial charge in [0.2, 0.25) is 0 Å². The lowest BCUT2D eigenvalue weighted by atomic mass is 9.88. The maximum absolute atomic E-state index is 11.2. The number of rotatable bonds is 16. The van der Waals surface area contributed by atoms with Crippen LogP contribution in [0, 0.1) is 5.92 Å². The first kappa shape index (κ1) is 29.3. The van der Waals surface area contributed by atoms with Crippen molar-refractivity contribution in [3.8, 4) is 0 Å². The summed E-state index contributed by atoms with van der Waals surface area (Å²) in [7, 11) is 1.44. The van der Waals surface area contributed by atoms with E-state index in [0.717, 1.165) is 51.4 Å². The minimum atomic E-state index is -0.551. The van der Waals surface area contributed by atoms with Gasteiger partial charge in [0.25, 0.3) is 0 Å². The molecule has 5 nitrogen and oxygen atoms in total. The van der Waals surface area contributed by atoms with Crippen LogP contribution in [0.5, 0.6) is 0 Å². The fourth-order valence-electron chi connectivity index (χ4n) is 5.59. The van der Waals surface area contributed by atoms with Crippen LogP contribution in [0.2, 0.25) is 0 Å². The first-order chi connectivity index (χ1) is 17.8. The highest BCUT2D eigenvalue weighted by Gasteiger charge is 2.28. The Kier molecular flexibility index (Phi) is 11.6. The number of aryl methyl sites for hydroxylation is 1. The van der Waals surface area contributed by atoms with E-state index in [2.05, 4.69) is 74.6 Å². The summed E-state index contributed by atoms with van der Waals surface area (Å²) in [6.45, 7) is 7.36. The number of fused-ring (bicyclic) bond motifs is 1. The number of esters is 1. The van der Waals surface area contributed by atoms with Gasteiger partial charge in [-0.2, -0.15) is 0 Å². The Morgan fingerprint density at radius 3 is 2.38 bits per heavy atom. The van der Waals surface area contributed by atoms with Gasteiger partial charge >= 0.3 is 5.97 Å². The molecule has 1 aliphatic carbocycles. The summed E-state index contributed by atoms with van der Waals surface area (Å²) in [5.74, 6) is 0.523. The number of aliphatic hydroxyl groups excluding tert-OH is 1. The minimum absolute atomic E-state index is 0.0389. The standard InChI is InChI=1S/C32H47NO4/c1-24(30-17-12-11-14-26(30)13-7-5-6-8-18-31(35)36-4)37-23-29(34)22-33-32(2,3)21-25-19-27-15-9-10-16-28(27)20-25/h9-12,14-17,24-25,29,33-34H,5-8,13,18-23H2,1-4H3/t24-,29-/m1/s1. The smallest absolute Gasteiger partial charge is 0.305 e. The number of β-amino-alcohol motifs (C(OH)–C–C–N with tert-alkyl or cyclic N) is 1. The molecule has 2 aromatic carbocycles. The van der Waals surface area contributed by atoms with Crippen LogP contribution in [0.4, 0.5) is 0 Å². The third-order valence-electron chi connectivity index (χ3n) is 7.59. The summed E-state index contributed by atoms with van der Waals surface area (Å²) in [4.78, 5) is 11.2. The molecule has 5 heteroatoms. The summed E-state index contributed by atoms with van der Waals surface area (Å²) in [5, 5.41) is 14.2. The lowest BCUT2D eigenvalue weighted by molar-refractivity contribution is -0.140. The molecule has 0 unspecified atom stereocenters. The van der Waals surface area contributed by atoms with E-state index in [-0.39, 0.29) is 17.6 Å². The van der Waals surface area contributed by atoms with Crippen molar-refractivity contribution in [2.45, 2.75) is 96.3 Å². The van der Waals surface area contributed by atoms with Gasteiger partial charge in [-0.05, 0) is 87.5 Å². The Morgan fingerprint density at radius 2 is 1.68 bits per heavy atom. The average Bonchev–Trinajstić information content (AvgIpc) is 3.29. The molecule has 0 heterocycles. The molecule has 0 fully saturated rings. The molecule has 2 atom stereocenters. The van der Waals surface area contributed by atoms with Crippen LogP contribution >= 0.6 is 0 Å². The van der Waals surface area contributed by atoms with Crippen LogP contribution in [-0.4, -0.2) is 43.0 Å². The van der Waals surface area contributed by atoms with Crippen molar-refractivity contribution in [3.63, 3.8) is 0 Å². The van der Waals surface area contributed by atoms with Gasteiger partial charge in [-0.25, -0.2) is 0 Å². The van der Waals surface area contributed by atoms with E-state index in [1.165, 1.54) is 29.4 Å². The summed E-state index contributed by atoms with van der Waals surface area (Å²) in [6.07, 6.45) is 8.34. The molecule has 3 rings (SSSR count). The molecule has 0 saturated carbocycles. The summed E-state index contributed by atoms with van der Waals surface area (Å²) < 4.78 is 10.8. The average molecular weight is 510 g/mol. The maximum Gasteiger partial charge on any atom is 0.305 e. The van der Waals surface area contributed by atoms with Crippen LogP contribution in [0.3, 0.4) is 0 Å². The Balaban J connectivity index is 1.36. The molecule has 0 spiro atoms. The van der Waals surface area contributed by atoms with E-state index in [1.807, 2.05) is 0 Å². The van der Waals surface area contributed by atoms with Gasteiger partial charge < -0.3 is 19.9 Å². The maximum atomic E-state index is 11.2. The third-order valence-corrected chi connectivity index (χ3v) is 7.59. The van der Waals surface area contributed by atoms with Gasteiger partial charge in [-0.1, -0.05) is 61.4 Å². The highest BCUT2D eigenvalue weighted by atomic mass is 16.5. The SMILES string of the molecule is COC(=O)CCCCCCc1ccccc1[C@@H](C)OC[C@H](O)CNC(C)(C)CC1Cc2ccccc2C1. The van der Waals surface area contributed by atoms with Crippen LogP contribution in [0.1, 0.15) is 87.7 Å². The Bertz CT molecular complexity index is 948. The van der Waals surface area contributed by atoms with Gasteiger partial charge in [-0.3, -0.25) is 4.79 Å². The number of carbonyl (C=O) groups excluding carboxylic acids is 1. The van der Waals surface area contributed by atoms with E-state index < -0.39 is 6.10 Å². The molecule has 0 aromatic heterocycles. The number of benzene rings is 2. The lowest BCUT2D eigenvalue weighted by Gasteiger charge is -2.31. The number of ether oxygens (including phenoxy) is 2. The van der Waals surface area contributed by atoms with Crippen molar-refractivity contribution >= 4 is 5.97 Å². The number of unbranched alkanes of at least 4 members (excludes halogenated alkanes) is 3. The summed E-state index contributed by atoms with van der Waals surface area (Å²) in [6, 6.07) is 17.2. The number of aliphatic hydroxyl groups is 1. The number of nitrogens with one attached hydrogen (secondary N) is 1. The second-order valence-corrected chi connectivity index (χ2v) is 11.3. The van der Waals surface area contributed by atoms with Gasteiger partial charge in [0.1, 0.15) is 0 Å². The Morgan fingerprint density at radius 1 is 1.03 bits per heavy atom. The van der Waals surface area contributed by atoms with Crippen molar-refractivity contribution in [2.24, 2.45) is 5.92 Å². The summed E-state index contributed by atoms with van der Waals surface area (Å²) >= 11 is 0. The molecule has 0 bridgehead atoms. The molecule has 0 amide bonds. The second kappa shape index (κ2) is 14.7. The van der Waals surface area contributed by atoms with Crippen LogP contribution in [0.25, 0.3) is 0 Å². The third kappa shape index (κ3) is 9.88. The van der Waals surface area contributed by atoms with Gasteiger partial charge in [-0.15, -0.1) is 0 Å². The topological polar surface area (TPSA) is 67.8 Å². The van der Waals surface area contributed by atoms with E-state index in [4.69, 9.17) is 9.47 Å². The predicted molar refractivity (Wildman–Crippen MR) is 150 cm³/mol. The first-order valence-electron chi connectivity index (χ1n) is 14.0. The highest BCUT2D eigenvalue weighted by molar-refractivity contribution is 5.68. The fraction of sp³-hybridized carbons (Fsp3) is 0.594. The van der Waals surface area contributed by atoms with Crippen LogP contribution in [0.15, 0.2) is 48.5 Å². The van der Waals surface area contributed by atoms with Gasteiger partial charge in [0.15, 0.2) is 0 Å². The van der Waals surface area contributed by atoms with Crippen LogP contribution < -0.4 is 5.32 Å². The second-order valence-electron chi connectivity index (χ2n) is 11.3. The highest BCUT2D eigenvalue weighted by Crippen LogP contribution is 2.32. The quantitative estimate of drug-likeness (QED) is 0.216. The molecule has 1 aliphatic rings. The molecular formula is C32H47NO4.